The Bertz CT molecular complexity index is 755. The number of sulfonamides is 1. The minimum absolute atomic E-state index is 0.107. The van der Waals surface area contributed by atoms with Crippen LogP contribution in [0.1, 0.15) is 33.6 Å². The molecule has 1 heterocycles. The molecule has 0 unspecified atom stereocenters. The molecule has 146 valence electrons. The summed E-state index contributed by atoms with van der Waals surface area (Å²) in [5.74, 6) is 0.364. The van der Waals surface area contributed by atoms with E-state index in [1.807, 2.05) is 20.8 Å². The lowest BCUT2D eigenvalue weighted by atomic mass is 9.97. The maximum Gasteiger partial charge on any atom is 0.243 e. The smallest absolute Gasteiger partial charge is 0.243 e. The van der Waals surface area contributed by atoms with Gasteiger partial charge >= 0.3 is 0 Å². The van der Waals surface area contributed by atoms with E-state index >= 15 is 0 Å². The SMILES string of the molecule is COc1ccc(S(=O)(=O)N2CCC[C@H](C(=O)NC(C)(C)C)C2)cc1OC. The fourth-order valence-electron chi connectivity index (χ4n) is 2.97. The standard InChI is InChI=1S/C18H28N2O5S/c1-18(2,3)19-17(21)13-7-6-10-20(12-13)26(22,23)14-8-9-15(24-4)16(11-14)25-5/h8-9,11,13H,6-7,10,12H2,1-5H3,(H,19,21)/t13-/m0/s1. The minimum Gasteiger partial charge on any atom is -0.493 e. The molecule has 1 aliphatic rings. The fourth-order valence-corrected chi connectivity index (χ4v) is 4.51. The van der Waals surface area contributed by atoms with Gasteiger partial charge in [-0.3, -0.25) is 4.79 Å². The van der Waals surface area contributed by atoms with E-state index in [1.165, 1.54) is 30.7 Å². The maximum atomic E-state index is 13.0. The van der Waals surface area contributed by atoms with Crippen LogP contribution in [-0.2, 0) is 14.8 Å². The van der Waals surface area contributed by atoms with E-state index in [9.17, 15) is 13.2 Å². The van der Waals surface area contributed by atoms with Gasteiger partial charge in [0.2, 0.25) is 15.9 Å². The van der Waals surface area contributed by atoms with E-state index in [-0.39, 0.29) is 28.8 Å². The van der Waals surface area contributed by atoms with E-state index in [4.69, 9.17) is 9.47 Å². The van der Waals surface area contributed by atoms with Crippen molar-refractivity contribution in [2.75, 3.05) is 27.3 Å². The predicted octanol–water partition coefficient (Wildman–Crippen LogP) is 2.02. The maximum absolute atomic E-state index is 13.0. The number of methoxy groups -OCH3 is 2. The average molecular weight is 384 g/mol. The van der Waals surface area contributed by atoms with Crippen LogP contribution in [-0.4, -0.2) is 51.5 Å². The van der Waals surface area contributed by atoms with E-state index < -0.39 is 10.0 Å². The molecule has 1 N–H and O–H groups in total. The highest BCUT2D eigenvalue weighted by atomic mass is 32.2. The molecule has 0 radical (unpaired) electrons. The molecular formula is C18H28N2O5S. The number of hydrogen-bond acceptors (Lipinski definition) is 5. The van der Waals surface area contributed by atoms with E-state index in [1.54, 1.807) is 6.07 Å². The van der Waals surface area contributed by atoms with Crippen molar-refractivity contribution in [3.05, 3.63) is 18.2 Å². The lowest BCUT2D eigenvalue weighted by Gasteiger charge is -2.33. The molecule has 0 aromatic heterocycles. The Hall–Kier alpha value is -1.80. The zero-order chi connectivity index (χ0) is 19.5. The first-order valence-electron chi connectivity index (χ1n) is 8.62. The van der Waals surface area contributed by atoms with Crippen molar-refractivity contribution in [2.24, 2.45) is 5.92 Å². The summed E-state index contributed by atoms with van der Waals surface area (Å²) in [5.41, 5.74) is -0.346. The Morgan fingerprint density at radius 1 is 1.19 bits per heavy atom. The van der Waals surface area contributed by atoms with Crippen molar-refractivity contribution >= 4 is 15.9 Å². The molecule has 8 heteroatoms. The van der Waals surface area contributed by atoms with Gasteiger partial charge in [0.25, 0.3) is 0 Å². The Balaban J connectivity index is 2.22. The van der Waals surface area contributed by atoms with Crippen LogP contribution in [0.4, 0.5) is 0 Å². The lowest BCUT2D eigenvalue weighted by molar-refractivity contribution is -0.127. The Morgan fingerprint density at radius 3 is 2.42 bits per heavy atom. The largest absolute Gasteiger partial charge is 0.493 e. The van der Waals surface area contributed by atoms with E-state index in [0.717, 1.165) is 0 Å². The van der Waals surface area contributed by atoms with Crippen molar-refractivity contribution in [2.45, 2.75) is 44.0 Å². The molecule has 1 aromatic rings. The molecule has 0 spiro atoms. The zero-order valence-corrected chi connectivity index (χ0v) is 16.9. The summed E-state index contributed by atoms with van der Waals surface area (Å²) in [4.78, 5) is 12.6. The van der Waals surface area contributed by atoms with Crippen molar-refractivity contribution < 1.29 is 22.7 Å². The quantitative estimate of drug-likeness (QED) is 0.839. The second-order valence-corrected chi connectivity index (χ2v) is 9.40. The van der Waals surface area contributed by atoms with Crippen LogP contribution in [0.5, 0.6) is 11.5 Å². The second-order valence-electron chi connectivity index (χ2n) is 7.46. The molecule has 0 aliphatic carbocycles. The molecule has 0 saturated carbocycles. The molecule has 1 aromatic carbocycles. The molecular weight excluding hydrogens is 356 g/mol. The van der Waals surface area contributed by atoms with Gasteiger partial charge in [-0.05, 0) is 45.7 Å². The summed E-state index contributed by atoms with van der Waals surface area (Å²) >= 11 is 0. The monoisotopic (exact) mass is 384 g/mol. The number of benzene rings is 1. The molecule has 1 fully saturated rings. The highest BCUT2D eigenvalue weighted by Gasteiger charge is 2.34. The number of amides is 1. The van der Waals surface area contributed by atoms with Gasteiger partial charge in [-0.15, -0.1) is 0 Å². The van der Waals surface area contributed by atoms with Crippen molar-refractivity contribution in [3.63, 3.8) is 0 Å². The molecule has 0 bridgehead atoms. The third kappa shape index (κ3) is 4.67. The number of ether oxygens (including phenoxy) is 2. The zero-order valence-electron chi connectivity index (χ0n) is 16.0. The number of rotatable bonds is 5. The summed E-state index contributed by atoms with van der Waals surface area (Å²) in [6, 6.07) is 4.52. The molecule has 7 nitrogen and oxygen atoms in total. The number of nitrogens with zero attached hydrogens (tertiary/aromatic N) is 1. The summed E-state index contributed by atoms with van der Waals surface area (Å²) in [6.45, 7) is 6.30. The first kappa shape index (κ1) is 20.5. The second kappa shape index (κ2) is 7.84. The number of carbonyl (C=O) groups excluding carboxylic acids is 1. The van der Waals surface area contributed by atoms with Crippen molar-refractivity contribution in [1.82, 2.24) is 9.62 Å². The topological polar surface area (TPSA) is 84.9 Å². The molecule has 26 heavy (non-hydrogen) atoms. The molecule has 1 saturated heterocycles. The third-order valence-electron chi connectivity index (χ3n) is 4.25. The van der Waals surface area contributed by atoms with E-state index in [2.05, 4.69) is 5.32 Å². The highest BCUT2D eigenvalue weighted by molar-refractivity contribution is 7.89. The van der Waals surface area contributed by atoms with Crippen LogP contribution in [0.15, 0.2) is 23.1 Å². The van der Waals surface area contributed by atoms with Crippen molar-refractivity contribution in [1.29, 1.82) is 0 Å². The Labute approximate surface area is 155 Å². The first-order valence-corrected chi connectivity index (χ1v) is 10.1. The molecule has 1 atom stereocenters. The van der Waals surface area contributed by atoms with Gasteiger partial charge in [-0.25, -0.2) is 8.42 Å². The van der Waals surface area contributed by atoms with Gasteiger partial charge in [-0.1, -0.05) is 0 Å². The number of carbonyl (C=O) groups is 1. The summed E-state index contributed by atoms with van der Waals surface area (Å²) < 4.78 is 37.8. The van der Waals surface area contributed by atoms with Crippen LogP contribution in [0, 0.1) is 5.92 Å². The van der Waals surface area contributed by atoms with Crippen LogP contribution in [0.3, 0.4) is 0 Å². The molecule has 1 amide bonds. The lowest BCUT2D eigenvalue weighted by Crippen LogP contribution is -2.49. The first-order chi connectivity index (χ1) is 12.1. The summed E-state index contributed by atoms with van der Waals surface area (Å²) in [6.07, 6.45) is 1.33. The van der Waals surface area contributed by atoms with Crippen molar-refractivity contribution in [3.8, 4) is 11.5 Å². The van der Waals surface area contributed by atoms with E-state index in [0.29, 0.717) is 30.9 Å². The van der Waals surface area contributed by atoms with Crippen LogP contribution in [0.25, 0.3) is 0 Å². The average Bonchev–Trinajstić information content (AvgIpc) is 2.59. The number of piperidine rings is 1. The molecule has 1 aliphatic heterocycles. The van der Waals surface area contributed by atoms with Gasteiger partial charge in [0.1, 0.15) is 0 Å². The third-order valence-corrected chi connectivity index (χ3v) is 6.11. The predicted molar refractivity (Wildman–Crippen MR) is 98.9 cm³/mol. The Kier molecular flexibility index (Phi) is 6.18. The normalized spacial score (nSPS) is 19.0. The summed E-state index contributed by atoms with van der Waals surface area (Å²) in [5, 5.41) is 2.94. The van der Waals surface area contributed by atoms with Gasteiger partial charge in [0.15, 0.2) is 11.5 Å². The molecule has 2 rings (SSSR count). The Morgan fingerprint density at radius 2 is 1.85 bits per heavy atom. The van der Waals surface area contributed by atoms with Crippen LogP contribution >= 0.6 is 0 Å². The number of hydrogen-bond donors (Lipinski definition) is 1. The van der Waals surface area contributed by atoms with Gasteiger partial charge < -0.3 is 14.8 Å². The number of nitrogens with one attached hydrogen (secondary N) is 1. The summed E-state index contributed by atoms with van der Waals surface area (Å²) in [7, 11) is -0.756. The van der Waals surface area contributed by atoms with Crippen LogP contribution < -0.4 is 14.8 Å². The minimum atomic E-state index is -3.71. The van der Waals surface area contributed by atoms with Gasteiger partial charge in [-0.2, -0.15) is 4.31 Å². The van der Waals surface area contributed by atoms with Gasteiger partial charge in [0.05, 0.1) is 25.0 Å². The highest BCUT2D eigenvalue weighted by Crippen LogP contribution is 2.32. The van der Waals surface area contributed by atoms with Crippen LogP contribution in [0.2, 0.25) is 0 Å². The van der Waals surface area contributed by atoms with Gasteiger partial charge in [0, 0.05) is 24.7 Å². The fraction of sp³-hybridized carbons (Fsp3) is 0.611.